The lowest BCUT2D eigenvalue weighted by Gasteiger charge is -2.39. The number of likely N-dealkylation sites (N-methyl/N-ethyl adjacent to an activating group) is 1. The van der Waals surface area contributed by atoms with Crippen molar-refractivity contribution in [3.05, 3.63) is 35.4 Å². The van der Waals surface area contributed by atoms with Crippen molar-refractivity contribution >= 4 is 5.91 Å². The van der Waals surface area contributed by atoms with Crippen molar-refractivity contribution in [1.29, 1.82) is 0 Å². The van der Waals surface area contributed by atoms with E-state index in [0.717, 1.165) is 18.7 Å². The number of piperidine rings is 1. The van der Waals surface area contributed by atoms with Gasteiger partial charge in [-0.1, -0.05) is 29.8 Å². The SMILES string of the molecule is Cc1cccc(C(C(=O)N2C[C@H]3CC[C@@H](C2)C3N)N(C)C)c1. The molecule has 4 heteroatoms. The number of benzene rings is 1. The van der Waals surface area contributed by atoms with Crippen molar-refractivity contribution in [2.75, 3.05) is 27.2 Å². The van der Waals surface area contributed by atoms with Crippen LogP contribution in [-0.2, 0) is 4.79 Å². The van der Waals surface area contributed by atoms with Gasteiger partial charge in [0, 0.05) is 19.1 Å². The van der Waals surface area contributed by atoms with Crippen LogP contribution in [0, 0.1) is 18.8 Å². The number of nitrogens with two attached hydrogens (primary N) is 1. The Balaban J connectivity index is 1.82. The van der Waals surface area contributed by atoms with Gasteiger partial charge in [0.15, 0.2) is 0 Å². The smallest absolute Gasteiger partial charge is 0.244 e. The highest BCUT2D eigenvalue weighted by Crippen LogP contribution is 2.37. The summed E-state index contributed by atoms with van der Waals surface area (Å²) in [6.45, 7) is 3.72. The van der Waals surface area contributed by atoms with Gasteiger partial charge in [0.25, 0.3) is 0 Å². The third kappa shape index (κ3) is 2.77. The Morgan fingerprint density at radius 1 is 1.27 bits per heavy atom. The van der Waals surface area contributed by atoms with Crippen LogP contribution in [0.4, 0.5) is 0 Å². The van der Waals surface area contributed by atoms with Crippen LogP contribution in [0.15, 0.2) is 24.3 Å². The van der Waals surface area contributed by atoms with Crippen LogP contribution in [0.2, 0.25) is 0 Å². The molecule has 0 spiro atoms. The highest BCUT2D eigenvalue weighted by molar-refractivity contribution is 5.83. The first-order chi connectivity index (χ1) is 10.5. The Labute approximate surface area is 133 Å². The molecule has 1 amide bonds. The van der Waals surface area contributed by atoms with E-state index in [2.05, 4.69) is 30.0 Å². The molecule has 22 heavy (non-hydrogen) atoms. The standard InChI is InChI=1S/C18H27N3O/c1-12-5-4-6-13(9-12)17(20(2)3)18(22)21-10-14-7-8-15(11-21)16(14)19/h4-6,9,14-17H,7-8,10-11,19H2,1-3H3/t14-,15+,16?,17?. The van der Waals surface area contributed by atoms with E-state index in [1.165, 1.54) is 18.4 Å². The molecule has 2 aliphatic rings. The summed E-state index contributed by atoms with van der Waals surface area (Å²) in [7, 11) is 3.96. The number of fused-ring (bicyclic) bond motifs is 2. The number of carbonyl (C=O) groups is 1. The third-order valence-electron chi connectivity index (χ3n) is 5.33. The largest absolute Gasteiger partial charge is 0.340 e. The second-order valence-electron chi connectivity index (χ2n) is 7.20. The van der Waals surface area contributed by atoms with E-state index in [4.69, 9.17) is 5.73 Å². The van der Waals surface area contributed by atoms with E-state index in [9.17, 15) is 4.79 Å². The average molecular weight is 301 g/mol. The number of aryl methyl sites for hydroxylation is 1. The van der Waals surface area contributed by atoms with Crippen LogP contribution in [0.1, 0.15) is 30.0 Å². The van der Waals surface area contributed by atoms with Gasteiger partial charge < -0.3 is 10.6 Å². The Hall–Kier alpha value is -1.39. The summed E-state index contributed by atoms with van der Waals surface area (Å²) in [5.41, 5.74) is 8.54. The Morgan fingerprint density at radius 3 is 2.45 bits per heavy atom. The van der Waals surface area contributed by atoms with Gasteiger partial charge in [-0.3, -0.25) is 9.69 Å². The van der Waals surface area contributed by atoms with Crippen LogP contribution >= 0.6 is 0 Å². The molecule has 1 aliphatic heterocycles. The number of likely N-dealkylation sites (tertiary alicyclic amines) is 1. The maximum absolute atomic E-state index is 13.1. The highest BCUT2D eigenvalue weighted by Gasteiger charge is 2.42. The van der Waals surface area contributed by atoms with E-state index in [1.807, 2.05) is 25.1 Å². The quantitative estimate of drug-likeness (QED) is 0.926. The Kier molecular flexibility index (Phi) is 4.24. The van der Waals surface area contributed by atoms with E-state index in [1.54, 1.807) is 0 Å². The highest BCUT2D eigenvalue weighted by atomic mass is 16.2. The Bertz CT molecular complexity index is 543. The first kappa shape index (κ1) is 15.5. The molecule has 0 aromatic heterocycles. The van der Waals surface area contributed by atoms with Crippen molar-refractivity contribution < 1.29 is 4.79 Å². The summed E-state index contributed by atoms with van der Waals surface area (Å²) in [6.07, 6.45) is 2.35. The number of carbonyl (C=O) groups excluding carboxylic acids is 1. The molecule has 1 aromatic carbocycles. The van der Waals surface area contributed by atoms with E-state index in [-0.39, 0.29) is 11.9 Å². The molecule has 3 rings (SSSR count). The lowest BCUT2D eigenvalue weighted by molar-refractivity contribution is -0.138. The molecule has 2 fully saturated rings. The summed E-state index contributed by atoms with van der Waals surface area (Å²) in [6, 6.07) is 8.37. The fourth-order valence-corrected chi connectivity index (χ4v) is 4.12. The second-order valence-corrected chi connectivity index (χ2v) is 7.20. The molecule has 0 radical (unpaired) electrons. The monoisotopic (exact) mass is 301 g/mol. The second kappa shape index (κ2) is 6.01. The minimum absolute atomic E-state index is 0.200. The van der Waals surface area contributed by atoms with Crippen LogP contribution in [0.3, 0.4) is 0 Å². The minimum atomic E-state index is -0.200. The van der Waals surface area contributed by atoms with Crippen LogP contribution in [-0.4, -0.2) is 48.9 Å². The predicted octanol–water partition coefficient (Wildman–Crippen LogP) is 1.79. The third-order valence-corrected chi connectivity index (χ3v) is 5.33. The fraction of sp³-hybridized carbons (Fsp3) is 0.611. The Morgan fingerprint density at radius 2 is 1.91 bits per heavy atom. The van der Waals surface area contributed by atoms with Crippen molar-refractivity contribution in [2.45, 2.75) is 31.8 Å². The van der Waals surface area contributed by atoms with Crippen LogP contribution in [0.5, 0.6) is 0 Å². The maximum Gasteiger partial charge on any atom is 0.244 e. The molecule has 120 valence electrons. The molecule has 1 saturated carbocycles. The molecular formula is C18H27N3O. The van der Waals surface area contributed by atoms with Gasteiger partial charge in [-0.25, -0.2) is 0 Å². The molecule has 1 aromatic rings. The number of rotatable bonds is 3. The first-order valence-corrected chi connectivity index (χ1v) is 8.24. The molecular weight excluding hydrogens is 274 g/mol. The summed E-state index contributed by atoms with van der Waals surface area (Å²) >= 11 is 0. The number of amides is 1. The first-order valence-electron chi connectivity index (χ1n) is 8.24. The van der Waals surface area contributed by atoms with Crippen molar-refractivity contribution in [1.82, 2.24) is 9.80 Å². The van der Waals surface area contributed by atoms with Gasteiger partial charge in [-0.15, -0.1) is 0 Å². The zero-order valence-electron chi connectivity index (χ0n) is 13.8. The van der Waals surface area contributed by atoms with Gasteiger partial charge in [-0.2, -0.15) is 0 Å². The molecule has 1 saturated heterocycles. The molecule has 2 bridgehead atoms. The van der Waals surface area contributed by atoms with Crippen molar-refractivity contribution in [2.24, 2.45) is 17.6 Å². The van der Waals surface area contributed by atoms with E-state index >= 15 is 0 Å². The molecule has 1 aliphatic carbocycles. The number of hydrogen-bond donors (Lipinski definition) is 1. The molecule has 2 unspecified atom stereocenters. The number of hydrogen-bond acceptors (Lipinski definition) is 3. The summed E-state index contributed by atoms with van der Waals surface area (Å²) < 4.78 is 0. The van der Waals surface area contributed by atoms with Gasteiger partial charge in [0.2, 0.25) is 5.91 Å². The maximum atomic E-state index is 13.1. The van der Waals surface area contributed by atoms with Gasteiger partial charge >= 0.3 is 0 Å². The number of nitrogens with zero attached hydrogens (tertiary/aromatic N) is 2. The van der Waals surface area contributed by atoms with Crippen LogP contribution < -0.4 is 5.73 Å². The molecule has 2 N–H and O–H groups in total. The summed E-state index contributed by atoms with van der Waals surface area (Å²) in [5.74, 6) is 1.20. The topological polar surface area (TPSA) is 49.6 Å². The van der Waals surface area contributed by atoms with Crippen molar-refractivity contribution in [3.8, 4) is 0 Å². The molecule has 1 heterocycles. The molecule has 4 nitrogen and oxygen atoms in total. The van der Waals surface area contributed by atoms with Crippen LogP contribution in [0.25, 0.3) is 0 Å². The predicted molar refractivity (Wildman–Crippen MR) is 88.4 cm³/mol. The van der Waals surface area contributed by atoms with E-state index < -0.39 is 0 Å². The summed E-state index contributed by atoms with van der Waals surface area (Å²) in [4.78, 5) is 17.2. The summed E-state index contributed by atoms with van der Waals surface area (Å²) in [5, 5.41) is 0. The van der Waals surface area contributed by atoms with Gasteiger partial charge in [0.05, 0.1) is 0 Å². The van der Waals surface area contributed by atoms with Crippen molar-refractivity contribution in [3.63, 3.8) is 0 Å². The lowest BCUT2D eigenvalue weighted by atomic mass is 9.92. The van der Waals surface area contributed by atoms with E-state index in [0.29, 0.717) is 17.9 Å². The minimum Gasteiger partial charge on any atom is -0.340 e. The zero-order chi connectivity index (χ0) is 15.9. The lowest BCUT2D eigenvalue weighted by Crippen LogP contribution is -2.53. The molecule has 4 atom stereocenters. The zero-order valence-corrected chi connectivity index (χ0v) is 13.8. The van der Waals surface area contributed by atoms with Gasteiger partial charge in [0.1, 0.15) is 6.04 Å². The normalized spacial score (nSPS) is 29.0. The average Bonchev–Trinajstić information content (AvgIpc) is 2.69. The van der Waals surface area contributed by atoms with Gasteiger partial charge in [-0.05, 0) is 51.3 Å². The fourth-order valence-electron chi connectivity index (χ4n) is 4.12.